The van der Waals surface area contributed by atoms with Crippen molar-refractivity contribution >= 4 is 36.2 Å². The highest BCUT2D eigenvalue weighted by atomic mass is 35.5. The van der Waals surface area contributed by atoms with Crippen LogP contribution in [-0.2, 0) is 11.2 Å². The van der Waals surface area contributed by atoms with E-state index in [0.717, 1.165) is 5.56 Å². The van der Waals surface area contributed by atoms with Crippen molar-refractivity contribution in [2.24, 2.45) is 0 Å². The van der Waals surface area contributed by atoms with E-state index in [0.29, 0.717) is 23.6 Å². The standard InChI is InChI=1S/C17H21N5O4.ClH/c1-2-13-15(16(18)21-17(19)20-13)26-9-8-25-12-5-3-4-11(10-12)6-7-14(23)22-24;/h3-7,10,24H,2,8-9H2,1H3,(H,22,23)(H4,18,19,20,21);1H/b7-6+;. The van der Waals surface area contributed by atoms with Gasteiger partial charge in [-0.1, -0.05) is 19.1 Å². The molecule has 1 heterocycles. The van der Waals surface area contributed by atoms with E-state index in [4.69, 9.17) is 26.1 Å². The number of nitrogens with two attached hydrogens (primary N) is 2. The number of anilines is 2. The molecule has 146 valence electrons. The van der Waals surface area contributed by atoms with Crippen molar-refractivity contribution in [1.29, 1.82) is 0 Å². The van der Waals surface area contributed by atoms with Gasteiger partial charge in [-0.2, -0.15) is 4.98 Å². The number of amides is 1. The van der Waals surface area contributed by atoms with Crippen molar-refractivity contribution in [1.82, 2.24) is 15.4 Å². The van der Waals surface area contributed by atoms with Crippen LogP contribution < -0.4 is 26.4 Å². The molecule has 0 aliphatic carbocycles. The molecule has 0 aliphatic rings. The number of hydroxylamine groups is 1. The van der Waals surface area contributed by atoms with Gasteiger partial charge in [0, 0.05) is 6.08 Å². The number of carbonyl (C=O) groups excluding carboxylic acids is 1. The van der Waals surface area contributed by atoms with E-state index in [1.54, 1.807) is 30.3 Å². The summed E-state index contributed by atoms with van der Waals surface area (Å²) in [5.74, 6) is 0.723. The maximum atomic E-state index is 11.0. The lowest BCUT2D eigenvalue weighted by atomic mass is 10.2. The summed E-state index contributed by atoms with van der Waals surface area (Å²) in [7, 11) is 0. The molecule has 2 aromatic rings. The topological polar surface area (TPSA) is 146 Å². The number of nitrogens with zero attached hydrogens (tertiary/aromatic N) is 2. The Balaban J connectivity index is 0.00000364. The minimum Gasteiger partial charge on any atom is -0.490 e. The molecule has 0 bridgehead atoms. The summed E-state index contributed by atoms with van der Waals surface area (Å²) in [5.41, 5.74) is 14.3. The average molecular weight is 396 g/mol. The fourth-order valence-corrected chi connectivity index (χ4v) is 2.15. The Labute approximate surface area is 162 Å². The normalized spacial score (nSPS) is 10.3. The summed E-state index contributed by atoms with van der Waals surface area (Å²) in [6.45, 7) is 2.44. The number of hydrogen-bond donors (Lipinski definition) is 4. The van der Waals surface area contributed by atoms with Crippen LogP contribution in [0, 0.1) is 0 Å². The number of nitrogens with one attached hydrogen (secondary N) is 1. The van der Waals surface area contributed by atoms with Crippen LogP contribution in [0.1, 0.15) is 18.2 Å². The van der Waals surface area contributed by atoms with Crippen LogP contribution >= 0.6 is 12.4 Å². The molecule has 0 atom stereocenters. The summed E-state index contributed by atoms with van der Waals surface area (Å²) in [5, 5.41) is 8.46. The van der Waals surface area contributed by atoms with E-state index in [2.05, 4.69) is 9.97 Å². The molecule has 0 saturated carbocycles. The summed E-state index contributed by atoms with van der Waals surface area (Å²) in [4.78, 5) is 19.0. The van der Waals surface area contributed by atoms with Gasteiger partial charge in [0.15, 0.2) is 11.6 Å². The van der Waals surface area contributed by atoms with E-state index in [1.165, 1.54) is 11.6 Å². The first-order chi connectivity index (χ1) is 12.5. The lowest BCUT2D eigenvalue weighted by Gasteiger charge is -2.13. The van der Waals surface area contributed by atoms with Crippen molar-refractivity contribution < 1.29 is 19.5 Å². The monoisotopic (exact) mass is 395 g/mol. The lowest BCUT2D eigenvalue weighted by Crippen LogP contribution is -2.14. The predicted octanol–water partition coefficient (Wildman–Crippen LogP) is 1.60. The maximum Gasteiger partial charge on any atom is 0.267 e. The van der Waals surface area contributed by atoms with E-state index >= 15 is 0 Å². The van der Waals surface area contributed by atoms with Gasteiger partial charge in [-0.25, -0.2) is 10.5 Å². The summed E-state index contributed by atoms with van der Waals surface area (Å²) < 4.78 is 11.3. The van der Waals surface area contributed by atoms with Crippen molar-refractivity contribution in [2.45, 2.75) is 13.3 Å². The molecule has 10 heteroatoms. The summed E-state index contributed by atoms with van der Waals surface area (Å²) in [6, 6.07) is 7.11. The average Bonchev–Trinajstić information content (AvgIpc) is 2.64. The van der Waals surface area contributed by atoms with Crippen LogP contribution in [0.25, 0.3) is 6.08 Å². The third kappa shape index (κ3) is 6.65. The highest BCUT2D eigenvalue weighted by molar-refractivity contribution is 5.90. The van der Waals surface area contributed by atoms with Gasteiger partial charge in [0.1, 0.15) is 19.0 Å². The Morgan fingerprint density at radius 1 is 1.26 bits per heavy atom. The molecule has 1 amide bonds. The van der Waals surface area contributed by atoms with Gasteiger partial charge in [0.25, 0.3) is 5.91 Å². The zero-order chi connectivity index (χ0) is 18.9. The largest absolute Gasteiger partial charge is 0.490 e. The Bertz CT molecular complexity index is 801. The van der Waals surface area contributed by atoms with Crippen molar-refractivity contribution in [3.05, 3.63) is 41.6 Å². The van der Waals surface area contributed by atoms with E-state index in [-0.39, 0.29) is 37.4 Å². The van der Waals surface area contributed by atoms with Crippen LogP contribution in [0.15, 0.2) is 30.3 Å². The van der Waals surface area contributed by atoms with Crippen LogP contribution in [0.2, 0.25) is 0 Å². The van der Waals surface area contributed by atoms with E-state index in [9.17, 15) is 4.79 Å². The highest BCUT2D eigenvalue weighted by Crippen LogP contribution is 2.24. The van der Waals surface area contributed by atoms with Crippen LogP contribution in [-0.4, -0.2) is 34.3 Å². The predicted molar refractivity (Wildman–Crippen MR) is 104 cm³/mol. The van der Waals surface area contributed by atoms with Gasteiger partial charge in [-0.05, 0) is 30.2 Å². The van der Waals surface area contributed by atoms with Gasteiger partial charge in [0.05, 0.1) is 5.69 Å². The number of nitrogen functional groups attached to an aromatic ring is 2. The second kappa shape index (κ2) is 10.8. The van der Waals surface area contributed by atoms with E-state index in [1.807, 2.05) is 6.92 Å². The number of carbonyl (C=O) groups is 1. The first-order valence-electron chi connectivity index (χ1n) is 7.93. The number of ether oxygens (including phenoxy) is 2. The molecule has 9 nitrogen and oxygen atoms in total. The number of aryl methyl sites for hydroxylation is 1. The number of halogens is 1. The third-order valence-corrected chi connectivity index (χ3v) is 3.31. The quantitative estimate of drug-likeness (QED) is 0.228. The number of aromatic nitrogens is 2. The molecule has 0 spiro atoms. The van der Waals surface area contributed by atoms with Gasteiger partial charge in [-0.15, -0.1) is 12.4 Å². The van der Waals surface area contributed by atoms with Crippen LogP contribution in [0.3, 0.4) is 0 Å². The molecule has 6 N–H and O–H groups in total. The molecule has 0 unspecified atom stereocenters. The minimum absolute atomic E-state index is 0. The molecule has 27 heavy (non-hydrogen) atoms. The first-order valence-corrected chi connectivity index (χ1v) is 7.93. The molecule has 2 rings (SSSR count). The molecule has 0 radical (unpaired) electrons. The molecule has 1 aromatic heterocycles. The summed E-state index contributed by atoms with van der Waals surface area (Å²) >= 11 is 0. The van der Waals surface area contributed by atoms with Crippen molar-refractivity contribution in [3.63, 3.8) is 0 Å². The molecule has 0 saturated heterocycles. The van der Waals surface area contributed by atoms with Crippen molar-refractivity contribution in [3.8, 4) is 11.5 Å². The van der Waals surface area contributed by atoms with Gasteiger partial charge >= 0.3 is 0 Å². The third-order valence-electron chi connectivity index (χ3n) is 3.31. The molecule has 0 fully saturated rings. The van der Waals surface area contributed by atoms with Crippen molar-refractivity contribution in [2.75, 3.05) is 24.7 Å². The smallest absolute Gasteiger partial charge is 0.267 e. The zero-order valence-electron chi connectivity index (χ0n) is 14.7. The Hall–Kier alpha value is -3.04. The SMILES string of the molecule is CCc1nc(N)nc(N)c1OCCOc1cccc(/C=C/C(=O)NO)c1.Cl. The fraction of sp³-hybridized carbons (Fsp3) is 0.235. The summed E-state index contributed by atoms with van der Waals surface area (Å²) in [6.07, 6.45) is 3.37. The number of benzene rings is 1. The first kappa shape index (κ1) is 22.0. The Kier molecular flexibility index (Phi) is 8.83. The Morgan fingerprint density at radius 3 is 2.70 bits per heavy atom. The molecule has 0 aliphatic heterocycles. The van der Waals surface area contributed by atoms with Gasteiger partial charge < -0.3 is 20.9 Å². The minimum atomic E-state index is -0.611. The fourth-order valence-electron chi connectivity index (χ4n) is 2.15. The second-order valence-electron chi connectivity index (χ2n) is 5.18. The lowest BCUT2D eigenvalue weighted by molar-refractivity contribution is -0.124. The number of rotatable bonds is 8. The maximum absolute atomic E-state index is 11.0. The van der Waals surface area contributed by atoms with Crippen LogP contribution in [0.5, 0.6) is 11.5 Å². The zero-order valence-corrected chi connectivity index (χ0v) is 15.5. The van der Waals surface area contributed by atoms with Gasteiger partial charge in [-0.3, -0.25) is 10.0 Å². The molecule has 1 aromatic carbocycles. The highest BCUT2D eigenvalue weighted by Gasteiger charge is 2.11. The second-order valence-corrected chi connectivity index (χ2v) is 5.18. The van der Waals surface area contributed by atoms with Crippen LogP contribution in [0.4, 0.5) is 11.8 Å². The molecular weight excluding hydrogens is 374 g/mol. The van der Waals surface area contributed by atoms with E-state index < -0.39 is 5.91 Å². The Morgan fingerprint density at radius 2 is 2.00 bits per heavy atom. The van der Waals surface area contributed by atoms with Gasteiger partial charge in [0.2, 0.25) is 5.95 Å². The molecular formula is C17H22ClN5O4. The number of hydrogen-bond acceptors (Lipinski definition) is 8.